The SMILES string of the molecule is Cc1cc(NC(=O)c2cc(Cl)nc(NN)c2)no1. The van der Waals surface area contributed by atoms with Crippen molar-refractivity contribution in [2.24, 2.45) is 5.84 Å². The highest BCUT2D eigenvalue weighted by Crippen LogP contribution is 2.15. The van der Waals surface area contributed by atoms with Crippen LogP contribution in [0.4, 0.5) is 11.6 Å². The van der Waals surface area contributed by atoms with Gasteiger partial charge in [0.1, 0.15) is 16.7 Å². The van der Waals surface area contributed by atoms with E-state index in [1.807, 2.05) is 0 Å². The summed E-state index contributed by atoms with van der Waals surface area (Å²) in [7, 11) is 0. The van der Waals surface area contributed by atoms with Crippen LogP contribution in [0.5, 0.6) is 0 Å². The Bertz CT molecular complexity index is 583. The Balaban J connectivity index is 2.20. The van der Waals surface area contributed by atoms with Gasteiger partial charge in [0.15, 0.2) is 5.82 Å². The van der Waals surface area contributed by atoms with Crippen LogP contribution < -0.4 is 16.6 Å². The molecular formula is C10H10ClN5O2. The number of amides is 1. The first-order valence-corrected chi connectivity index (χ1v) is 5.35. The van der Waals surface area contributed by atoms with Crippen molar-refractivity contribution in [2.75, 3.05) is 10.7 Å². The van der Waals surface area contributed by atoms with Crippen molar-refractivity contribution in [3.8, 4) is 0 Å². The third-order valence-electron chi connectivity index (χ3n) is 2.07. The maximum Gasteiger partial charge on any atom is 0.257 e. The maximum atomic E-state index is 11.9. The van der Waals surface area contributed by atoms with E-state index in [0.29, 0.717) is 23.0 Å². The van der Waals surface area contributed by atoms with Gasteiger partial charge in [0, 0.05) is 11.6 Å². The number of pyridine rings is 1. The summed E-state index contributed by atoms with van der Waals surface area (Å²) in [6, 6.07) is 4.49. The lowest BCUT2D eigenvalue weighted by Gasteiger charge is -2.04. The van der Waals surface area contributed by atoms with E-state index in [-0.39, 0.29) is 11.1 Å². The number of nitrogens with two attached hydrogens (primary N) is 1. The minimum absolute atomic E-state index is 0.159. The topological polar surface area (TPSA) is 106 Å². The fourth-order valence-corrected chi connectivity index (χ4v) is 1.52. The first-order chi connectivity index (χ1) is 8.58. The summed E-state index contributed by atoms with van der Waals surface area (Å²) in [5, 5.41) is 6.37. The molecule has 0 spiro atoms. The van der Waals surface area contributed by atoms with E-state index in [4.69, 9.17) is 22.0 Å². The van der Waals surface area contributed by atoms with E-state index < -0.39 is 0 Å². The van der Waals surface area contributed by atoms with E-state index in [0.717, 1.165) is 0 Å². The van der Waals surface area contributed by atoms with E-state index in [9.17, 15) is 4.79 Å². The van der Waals surface area contributed by atoms with Crippen molar-refractivity contribution >= 4 is 29.1 Å². The standard InChI is InChI=1S/C10H10ClN5O2/c1-5-2-9(16-18-5)14-10(17)6-3-7(11)13-8(4-6)15-12/h2-4H,12H2,1H3,(H,13,15)(H,14,16,17). The maximum absolute atomic E-state index is 11.9. The molecule has 0 saturated heterocycles. The number of halogens is 1. The number of nitrogen functional groups attached to an aromatic ring is 1. The number of hydrogen-bond donors (Lipinski definition) is 3. The Morgan fingerprint density at radius 2 is 2.17 bits per heavy atom. The molecule has 0 bridgehead atoms. The van der Waals surface area contributed by atoms with Gasteiger partial charge in [-0.25, -0.2) is 10.8 Å². The van der Waals surface area contributed by atoms with Crippen LogP contribution in [0.15, 0.2) is 22.7 Å². The Hall–Kier alpha value is -2.12. The molecule has 2 aromatic heterocycles. The van der Waals surface area contributed by atoms with Crippen molar-refractivity contribution in [1.82, 2.24) is 10.1 Å². The van der Waals surface area contributed by atoms with Gasteiger partial charge in [0.25, 0.3) is 5.91 Å². The number of nitrogens with one attached hydrogen (secondary N) is 2. The second-order valence-electron chi connectivity index (χ2n) is 3.49. The molecule has 18 heavy (non-hydrogen) atoms. The molecule has 8 heteroatoms. The van der Waals surface area contributed by atoms with Gasteiger partial charge >= 0.3 is 0 Å². The normalized spacial score (nSPS) is 10.2. The summed E-state index contributed by atoms with van der Waals surface area (Å²) in [6.45, 7) is 1.72. The molecule has 7 nitrogen and oxygen atoms in total. The largest absolute Gasteiger partial charge is 0.360 e. The first-order valence-electron chi connectivity index (χ1n) is 4.97. The van der Waals surface area contributed by atoms with Crippen LogP contribution >= 0.6 is 11.6 Å². The molecular weight excluding hydrogens is 258 g/mol. The predicted octanol–water partition coefficient (Wildman–Crippen LogP) is 1.57. The van der Waals surface area contributed by atoms with Crippen LogP contribution in [0.2, 0.25) is 5.15 Å². The van der Waals surface area contributed by atoms with Gasteiger partial charge in [-0.15, -0.1) is 0 Å². The molecule has 2 heterocycles. The molecule has 0 aliphatic rings. The molecule has 94 valence electrons. The summed E-state index contributed by atoms with van der Waals surface area (Å²) in [5.41, 5.74) is 2.63. The fourth-order valence-electron chi connectivity index (χ4n) is 1.32. The second kappa shape index (κ2) is 5.03. The summed E-state index contributed by atoms with van der Waals surface area (Å²) in [6.07, 6.45) is 0. The molecule has 0 unspecified atom stereocenters. The number of nitrogens with zero attached hydrogens (tertiary/aromatic N) is 2. The quantitative estimate of drug-likeness (QED) is 0.443. The lowest BCUT2D eigenvalue weighted by molar-refractivity contribution is 0.102. The summed E-state index contributed by atoms with van der Waals surface area (Å²) in [4.78, 5) is 15.8. The van der Waals surface area contributed by atoms with Gasteiger partial charge in [-0.05, 0) is 19.1 Å². The molecule has 4 N–H and O–H groups in total. The van der Waals surface area contributed by atoms with Crippen LogP contribution in [0.25, 0.3) is 0 Å². The number of carbonyl (C=O) groups excluding carboxylic acids is 1. The molecule has 0 saturated carbocycles. The van der Waals surface area contributed by atoms with Crippen LogP contribution in [-0.2, 0) is 0 Å². The number of aryl methyl sites for hydroxylation is 1. The lowest BCUT2D eigenvalue weighted by Crippen LogP contribution is -2.14. The average molecular weight is 268 g/mol. The molecule has 0 fully saturated rings. The summed E-state index contributed by atoms with van der Waals surface area (Å²) >= 11 is 5.76. The monoisotopic (exact) mass is 267 g/mol. The van der Waals surface area contributed by atoms with Crippen molar-refractivity contribution in [3.05, 3.63) is 34.7 Å². The summed E-state index contributed by atoms with van der Waals surface area (Å²) < 4.78 is 4.83. The highest BCUT2D eigenvalue weighted by atomic mass is 35.5. The fraction of sp³-hybridized carbons (Fsp3) is 0.100. The Labute approximate surface area is 107 Å². The number of rotatable bonds is 3. The zero-order valence-electron chi connectivity index (χ0n) is 9.40. The van der Waals surface area contributed by atoms with Crippen LogP contribution in [0.3, 0.4) is 0 Å². The Morgan fingerprint density at radius 1 is 1.39 bits per heavy atom. The predicted molar refractivity (Wildman–Crippen MR) is 66.3 cm³/mol. The minimum atomic E-state index is -0.385. The average Bonchev–Trinajstić information content (AvgIpc) is 2.73. The highest BCUT2D eigenvalue weighted by Gasteiger charge is 2.11. The van der Waals surface area contributed by atoms with E-state index in [1.54, 1.807) is 13.0 Å². The Morgan fingerprint density at radius 3 is 2.78 bits per heavy atom. The van der Waals surface area contributed by atoms with Crippen LogP contribution in [0, 0.1) is 6.92 Å². The van der Waals surface area contributed by atoms with Gasteiger partial charge in [-0.1, -0.05) is 16.8 Å². The number of aromatic nitrogens is 2. The minimum Gasteiger partial charge on any atom is -0.360 e. The third kappa shape index (κ3) is 2.76. The van der Waals surface area contributed by atoms with Crippen molar-refractivity contribution in [2.45, 2.75) is 6.92 Å². The Kier molecular flexibility index (Phi) is 3.45. The number of hydrazine groups is 1. The van der Waals surface area contributed by atoms with Gasteiger partial charge in [0.05, 0.1) is 0 Å². The smallest absolute Gasteiger partial charge is 0.257 e. The molecule has 1 amide bonds. The van der Waals surface area contributed by atoms with Crippen molar-refractivity contribution in [1.29, 1.82) is 0 Å². The van der Waals surface area contributed by atoms with Crippen LogP contribution in [-0.4, -0.2) is 16.0 Å². The highest BCUT2D eigenvalue weighted by molar-refractivity contribution is 6.30. The molecule has 2 rings (SSSR count). The summed E-state index contributed by atoms with van der Waals surface area (Å²) in [5.74, 6) is 6.05. The zero-order valence-corrected chi connectivity index (χ0v) is 10.2. The molecule has 2 aromatic rings. The molecule has 0 atom stereocenters. The lowest BCUT2D eigenvalue weighted by atomic mass is 10.2. The second-order valence-corrected chi connectivity index (χ2v) is 3.87. The zero-order chi connectivity index (χ0) is 13.1. The van der Waals surface area contributed by atoms with Gasteiger partial charge < -0.3 is 15.3 Å². The van der Waals surface area contributed by atoms with Crippen LogP contribution in [0.1, 0.15) is 16.1 Å². The number of anilines is 2. The molecule has 0 aliphatic carbocycles. The molecule has 0 radical (unpaired) electrons. The van der Waals surface area contributed by atoms with E-state index >= 15 is 0 Å². The van der Waals surface area contributed by atoms with Gasteiger partial charge in [0.2, 0.25) is 0 Å². The van der Waals surface area contributed by atoms with E-state index in [2.05, 4.69) is 20.9 Å². The van der Waals surface area contributed by atoms with Gasteiger partial charge in [-0.3, -0.25) is 4.79 Å². The number of hydrogen-bond acceptors (Lipinski definition) is 6. The molecule has 0 aromatic carbocycles. The van der Waals surface area contributed by atoms with Gasteiger partial charge in [-0.2, -0.15) is 0 Å². The third-order valence-corrected chi connectivity index (χ3v) is 2.27. The number of carbonyl (C=O) groups is 1. The van der Waals surface area contributed by atoms with Crippen molar-refractivity contribution in [3.63, 3.8) is 0 Å². The molecule has 0 aliphatic heterocycles. The first kappa shape index (κ1) is 12.3. The van der Waals surface area contributed by atoms with E-state index in [1.165, 1.54) is 12.1 Å². The van der Waals surface area contributed by atoms with Crippen molar-refractivity contribution < 1.29 is 9.32 Å².